The molecule has 4 nitrogen and oxygen atoms in total. The van der Waals surface area contributed by atoms with Gasteiger partial charge in [0.05, 0.1) is 0 Å². The molecule has 0 spiro atoms. The quantitative estimate of drug-likeness (QED) is 0.934. The first-order valence-electron chi connectivity index (χ1n) is 6.78. The van der Waals surface area contributed by atoms with Gasteiger partial charge in [0.2, 0.25) is 0 Å². The SMILES string of the molecule is CC(C)(C)c1ccc(-c2cccc(OCC(=O)O)c2)cn1. The highest BCUT2D eigenvalue weighted by Gasteiger charge is 2.14. The minimum absolute atomic E-state index is 0.0188. The van der Waals surface area contributed by atoms with Crippen molar-refractivity contribution in [1.82, 2.24) is 4.98 Å². The summed E-state index contributed by atoms with van der Waals surface area (Å²) in [5.41, 5.74) is 2.98. The predicted molar refractivity (Wildman–Crippen MR) is 81.5 cm³/mol. The molecule has 21 heavy (non-hydrogen) atoms. The molecule has 0 amide bonds. The van der Waals surface area contributed by atoms with Crippen molar-refractivity contribution in [3.8, 4) is 16.9 Å². The molecule has 0 saturated heterocycles. The Morgan fingerprint density at radius 3 is 2.52 bits per heavy atom. The van der Waals surface area contributed by atoms with Crippen LogP contribution in [0.3, 0.4) is 0 Å². The summed E-state index contributed by atoms with van der Waals surface area (Å²) in [4.78, 5) is 15.0. The molecule has 2 rings (SSSR count). The maximum Gasteiger partial charge on any atom is 0.341 e. The smallest absolute Gasteiger partial charge is 0.341 e. The van der Waals surface area contributed by atoms with Crippen molar-refractivity contribution < 1.29 is 14.6 Å². The molecule has 0 unspecified atom stereocenters. The van der Waals surface area contributed by atoms with Gasteiger partial charge in [0.1, 0.15) is 5.75 Å². The third kappa shape index (κ3) is 4.05. The molecule has 0 aliphatic heterocycles. The van der Waals surface area contributed by atoms with E-state index in [2.05, 4.69) is 25.8 Å². The van der Waals surface area contributed by atoms with Gasteiger partial charge in [-0.1, -0.05) is 39.0 Å². The predicted octanol–water partition coefficient (Wildman–Crippen LogP) is 3.51. The Kier molecular flexibility index (Phi) is 4.26. The lowest BCUT2D eigenvalue weighted by molar-refractivity contribution is -0.139. The van der Waals surface area contributed by atoms with Crippen LogP contribution in [0.15, 0.2) is 42.6 Å². The number of carboxylic acids is 1. The van der Waals surface area contributed by atoms with E-state index in [-0.39, 0.29) is 12.0 Å². The molecule has 0 saturated carbocycles. The first kappa shape index (κ1) is 15.0. The third-order valence-corrected chi connectivity index (χ3v) is 3.06. The van der Waals surface area contributed by atoms with Crippen LogP contribution in [0.1, 0.15) is 26.5 Å². The molecule has 0 aliphatic carbocycles. The minimum Gasteiger partial charge on any atom is -0.482 e. The fourth-order valence-corrected chi connectivity index (χ4v) is 1.92. The second-order valence-corrected chi connectivity index (χ2v) is 5.89. The van der Waals surface area contributed by atoms with E-state index in [0.717, 1.165) is 16.8 Å². The van der Waals surface area contributed by atoms with Gasteiger partial charge < -0.3 is 9.84 Å². The highest BCUT2D eigenvalue weighted by atomic mass is 16.5. The number of carbonyl (C=O) groups is 1. The van der Waals surface area contributed by atoms with Crippen LogP contribution in [0.5, 0.6) is 5.75 Å². The van der Waals surface area contributed by atoms with E-state index in [4.69, 9.17) is 9.84 Å². The zero-order chi connectivity index (χ0) is 15.5. The first-order valence-corrected chi connectivity index (χ1v) is 6.78. The highest BCUT2D eigenvalue weighted by molar-refractivity contribution is 5.69. The minimum atomic E-state index is -0.989. The van der Waals surface area contributed by atoms with Gasteiger partial charge in [-0.2, -0.15) is 0 Å². The number of carboxylic acid groups (broad SMARTS) is 1. The molecule has 110 valence electrons. The Balaban J connectivity index is 2.22. The summed E-state index contributed by atoms with van der Waals surface area (Å²) in [5.74, 6) is -0.452. The van der Waals surface area contributed by atoms with E-state index in [1.54, 1.807) is 6.07 Å². The third-order valence-electron chi connectivity index (χ3n) is 3.06. The van der Waals surface area contributed by atoms with Gasteiger partial charge >= 0.3 is 5.97 Å². The molecule has 0 aliphatic rings. The summed E-state index contributed by atoms with van der Waals surface area (Å²) in [5, 5.41) is 8.63. The number of hydrogen-bond donors (Lipinski definition) is 1. The zero-order valence-corrected chi connectivity index (χ0v) is 12.5. The summed E-state index contributed by atoms with van der Waals surface area (Å²) >= 11 is 0. The van der Waals surface area contributed by atoms with Crippen LogP contribution in [-0.2, 0) is 10.2 Å². The van der Waals surface area contributed by atoms with Gasteiger partial charge in [-0.25, -0.2) is 4.79 Å². The largest absolute Gasteiger partial charge is 0.482 e. The normalized spacial score (nSPS) is 11.2. The zero-order valence-electron chi connectivity index (χ0n) is 12.5. The Morgan fingerprint density at radius 1 is 1.19 bits per heavy atom. The lowest BCUT2D eigenvalue weighted by Crippen LogP contribution is -2.12. The molecule has 0 atom stereocenters. The van der Waals surface area contributed by atoms with Gasteiger partial charge in [-0.3, -0.25) is 4.98 Å². The Labute approximate surface area is 124 Å². The van der Waals surface area contributed by atoms with Gasteiger partial charge in [0.15, 0.2) is 6.61 Å². The number of rotatable bonds is 4. The summed E-state index contributed by atoms with van der Waals surface area (Å²) in [6.07, 6.45) is 1.83. The van der Waals surface area contributed by atoms with E-state index in [9.17, 15) is 4.79 Å². The van der Waals surface area contributed by atoms with Crippen LogP contribution < -0.4 is 4.74 Å². The Morgan fingerprint density at radius 2 is 1.95 bits per heavy atom. The number of benzene rings is 1. The molecule has 1 aromatic heterocycles. The molecule has 2 aromatic rings. The summed E-state index contributed by atoms with van der Waals surface area (Å²) in [6.45, 7) is 6.02. The average Bonchev–Trinajstić information content (AvgIpc) is 2.45. The number of pyridine rings is 1. The number of nitrogens with zero attached hydrogens (tertiary/aromatic N) is 1. The van der Waals surface area contributed by atoms with Crippen molar-refractivity contribution in [2.45, 2.75) is 26.2 Å². The first-order chi connectivity index (χ1) is 9.86. The summed E-state index contributed by atoms with van der Waals surface area (Å²) in [7, 11) is 0. The second-order valence-electron chi connectivity index (χ2n) is 5.89. The topological polar surface area (TPSA) is 59.4 Å². The van der Waals surface area contributed by atoms with Crippen molar-refractivity contribution in [1.29, 1.82) is 0 Å². The monoisotopic (exact) mass is 285 g/mol. The van der Waals surface area contributed by atoms with Gasteiger partial charge in [0, 0.05) is 22.9 Å². The average molecular weight is 285 g/mol. The van der Waals surface area contributed by atoms with Crippen molar-refractivity contribution in [2.75, 3.05) is 6.61 Å². The molecule has 0 fully saturated rings. The van der Waals surface area contributed by atoms with E-state index in [1.807, 2.05) is 36.5 Å². The Hall–Kier alpha value is -2.36. The molecular formula is C17H19NO3. The Bertz CT molecular complexity index is 627. The van der Waals surface area contributed by atoms with Crippen molar-refractivity contribution in [3.05, 3.63) is 48.3 Å². The van der Waals surface area contributed by atoms with Gasteiger partial charge in [0.25, 0.3) is 0 Å². The maximum absolute atomic E-state index is 10.5. The molecular weight excluding hydrogens is 266 g/mol. The van der Waals surface area contributed by atoms with Crippen LogP contribution in [0.4, 0.5) is 0 Å². The highest BCUT2D eigenvalue weighted by Crippen LogP contribution is 2.26. The maximum atomic E-state index is 10.5. The molecule has 1 heterocycles. The number of aliphatic carboxylic acids is 1. The molecule has 4 heteroatoms. The van der Waals surface area contributed by atoms with Crippen molar-refractivity contribution in [2.24, 2.45) is 0 Å². The lowest BCUT2D eigenvalue weighted by Gasteiger charge is -2.17. The second kappa shape index (κ2) is 5.95. The van der Waals surface area contributed by atoms with Crippen molar-refractivity contribution >= 4 is 5.97 Å². The van der Waals surface area contributed by atoms with E-state index in [0.29, 0.717) is 5.75 Å². The van der Waals surface area contributed by atoms with Gasteiger partial charge in [-0.05, 0) is 23.8 Å². The molecule has 1 N–H and O–H groups in total. The van der Waals surface area contributed by atoms with Crippen LogP contribution in [0.25, 0.3) is 11.1 Å². The van der Waals surface area contributed by atoms with Crippen LogP contribution >= 0.6 is 0 Å². The van der Waals surface area contributed by atoms with Crippen LogP contribution in [-0.4, -0.2) is 22.7 Å². The van der Waals surface area contributed by atoms with Crippen molar-refractivity contribution in [3.63, 3.8) is 0 Å². The fraction of sp³-hybridized carbons (Fsp3) is 0.294. The van der Waals surface area contributed by atoms with Crippen LogP contribution in [0.2, 0.25) is 0 Å². The number of hydrogen-bond acceptors (Lipinski definition) is 3. The fourth-order valence-electron chi connectivity index (χ4n) is 1.92. The summed E-state index contributed by atoms with van der Waals surface area (Å²) in [6, 6.07) is 11.4. The van der Waals surface area contributed by atoms with E-state index in [1.165, 1.54) is 0 Å². The number of aromatic nitrogens is 1. The summed E-state index contributed by atoms with van der Waals surface area (Å²) < 4.78 is 5.19. The lowest BCUT2D eigenvalue weighted by atomic mass is 9.91. The van der Waals surface area contributed by atoms with E-state index < -0.39 is 5.97 Å². The van der Waals surface area contributed by atoms with Crippen LogP contribution in [0, 0.1) is 0 Å². The van der Waals surface area contributed by atoms with Gasteiger partial charge in [-0.15, -0.1) is 0 Å². The van der Waals surface area contributed by atoms with E-state index >= 15 is 0 Å². The molecule has 1 aromatic carbocycles. The molecule has 0 bridgehead atoms. The molecule has 0 radical (unpaired) electrons. The number of ether oxygens (including phenoxy) is 1. The standard InChI is InChI=1S/C17H19NO3/c1-17(2,3)15-8-7-13(10-18-15)12-5-4-6-14(9-12)21-11-16(19)20/h4-10H,11H2,1-3H3,(H,19,20).